The molecule has 22 heavy (non-hydrogen) atoms. The van der Waals surface area contributed by atoms with Crippen molar-refractivity contribution >= 4 is 5.57 Å². The maximum Gasteiger partial charge on any atom is 0.161 e. The molecule has 0 heterocycles. The fourth-order valence-electron chi connectivity index (χ4n) is 2.17. The van der Waals surface area contributed by atoms with Crippen molar-refractivity contribution in [3.63, 3.8) is 0 Å². The molecule has 0 saturated heterocycles. The van der Waals surface area contributed by atoms with Gasteiger partial charge in [0.25, 0.3) is 0 Å². The number of allylic oxidation sites excluding steroid dienone is 1. The van der Waals surface area contributed by atoms with Gasteiger partial charge in [0.15, 0.2) is 11.5 Å². The van der Waals surface area contributed by atoms with Crippen molar-refractivity contribution in [1.82, 2.24) is 0 Å². The van der Waals surface area contributed by atoms with E-state index in [1.165, 1.54) is 6.08 Å². The van der Waals surface area contributed by atoms with Crippen LogP contribution >= 0.6 is 0 Å². The van der Waals surface area contributed by atoms with Crippen LogP contribution in [0.15, 0.2) is 48.5 Å². The van der Waals surface area contributed by atoms with E-state index in [9.17, 15) is 0 Å². The molecule has 4 nitrogen and oxygen atoms in total. The molecule has 2 aromatic carbocycles. The summed E-state index contributed by atoms with van der Waals surface area (Å²) in [6.45, 7) is 0. The van der Waals surface area contributed by atoms with Gasteiger partial charge in [-0.2, -0.15) is 5.26 Å². The van der Waals surface area contributed by atoms with Crippen molar-refractivity contribution in [1.29, 1.82) is 5.26 Å². The number of methoxy groups -OCH3 is 3. The average molecular weight is 295 g/mol. The number of rotatable bonds is 5. The molecule has 0 aliphatic heterocycles. The van der Waals surface area contributed by atoms with Crippen LogP contribution < -0.4 is 14.2 Å². The molecule has 0 radical (unpaired) electrons. The van der Waals surface area contributed by atoms with Crippen LogP contribution in [0.4, 0.5) is 0 Å². The van der Waals surface area contributed by atoms with E-state index in [0.29, 0.717) is 11.5 Å². The summed E-state index contributed by atoms with van der Waals surface area (Å²) < 4.78 is 15.7. The summed E-state index contributed by atoms with van der Waals surface area (Å²) in [7, 11) is 4.80. The Hall–Kier alpha value is -2.93. The minimum Gasteiger partial charge on any atom is -0.497 e. The minimum atomic E-state index is 0.623. The Kier molecular flexibility index (Phi) is 5.05. The van der Waals surface area contributed by atoms with Gasteiger partial charge in [-0.3, -0.25) is 0 Å². The van der Waals surface area contributed by atoms with E-state index in [2.05, 4.69) is 6.07 Å². The van der Waals surface area contributed by atoms with Gasteiger partial charge in [-0.15, -0.1) is 0 Å². The number of hydrogen-bond donors (Lipinski definition) is 0. The Labute approximate surface area is 130 Å². The third-order valence-electron chi connectivity index (χ3n) is 3.30. The van der Waals surface area contributed by atoms with Gasteiger partial charge < -0.3 is 14.2 Å². The molecule has 0 spiro atoms. The van der Waals surface area contributed by atoms with Crippen molar-refractivity contribution < 1.29 is 14.2 Å². The highest BCUT2D eigenvalue weighted by atomic mass is 16.5. The number of nitrogens with zero attached hydrogens (tertiary/aromatic N) is 1. The van der Waals surface area contributed by atoms with Crippen molar-refractivity contribution in [2.75, 3.05) is 21.3 Å². The molecule has 4 heteroatoms. The third-order valence-corrected chi connectivity index (χ3v) is 3.30. The molecule has 0 bridgehead atoms. The average Bonchev–Trinajstić information content (AvgIpc) is 2.59. The van der Waals surface area contributed by atoms with Gasteiger partial charge >= 0.3 is 0 Å². The summed E-state index contributed by atoms with van der Waals surface area (Å²) in [5.74, 6) is 2.04. The van der Waals surface area contributed by atoms with E-state index in [4.69, 9.17) is 19.5 Å². The first-order valence-electron chi connectivity index (χ1n) is 6.70. The van der Waals surface area contributed by atoms with E-state index >= 15 is 0 Å². The molecule has 0 aromatic heterocycles. The smallest absolute Gasteiger partial charge is 0.161 e. The highest BCUT2D eigenvalue weighted by molar-refractivity contribution is 5.82. The summed E-state index contributed by atoms with van der Waals surface area (Å²) >= 11 is 0. The highest BCUT2D eigenvalue weighted by Gasteiger charge is 2.10. The number of ether oxygens (including phenoxy) is 3. The predicted octanol–water partition coefficient (Wildman–Crippen LogP) is 3.67. The lowest BCUT2D eigenvalue weighted by atomic mass is 9.97. The number of hydrogen-bond acceptors (Lipinski definition) is 4. The van der Waals surface area contributed by atoms with Crippen LogP contribution in [-0.4, -0.2) is 21.3 Å². The first-order valence-corrected chi connectivity index (χ1v) is 6.70. The van der Waals surface area contributed by atoms with Crippen molar-refractivity contribution in [3.8, 4) is 23.3 Å². The Morgan fingerprint density at radius 3 is 2.05 bits per heavy atom. The summed E-state index contributed by atoms with van der Waals surface area (Å²) in [6.07, 6.45) is 1.52. The molecule has 0 saturated carbocycles. The zero-order valence-corrected chi connectivity index (χ0v) is 12.8. The second kappa shape index (κ2) is 7.19. The largest absolute Gasteiger partial charge is 0.497 e. The molecule has 0 unspecified atom stereocenters. The van der Waals surface area contributed by atoms with Crippen LogP contribution in [0.25, 0.3) is 5.57 Å². The maximum absolute atomic E-state index is 9.08. The van der Waals surface area contributed by atoms with Crippen molar-refractivity contribution in [2.45, 2.75) is 0 Å². The Morgan fingerprint density at radius 2 is 1.50 bits per heavy atom. The van der Waals surface area contributed by atoms with Gasteiger partial charge in [0.05, 0.1) is 27.4 Å². The Balaban J connectivity index is 2.48. The molecule has 0 fully saturated rings. The number of nitriles is 1. The second-order valence-corrected chi connectivity index (χ2v) is 4.49. The molecular formula is C18H17NO3. The fraction of sp³-hybridized carbons (Fsp3) is 0.167. The normalized spacial score (nSPS) is 10.7. The van der Waals surface area contributed by atoms with Gasteiger partial charge in [-0.05, 0) is 41.0 Å². The second-order valence-electron chi connectivity index (χ2n) is 4.49. The summed E-state index contributed by atoms with van der Waals surface area (Å²) in [5, 5.41) is 9.08. The van der Waals surface area contributed by atoms with Crippen molar-refractivity contribution in [2.24, 2.45) is 0 Å². The first-order chi connectivity index (χ1) is 10.7. The molecule has 112 valence electrons. The Bertz CT molecular complexity index is 712. The fourth-order valence-corrected chi connectivity index (χ4v) is 2.17. The zero-order valence-electron chi connectivity index (χ0n) is 12.8. The van der Waals surface area contributed by atoms with Crippen molar-refractivity contribution in [3.05, 3.63) is 59.7 Å². The lowest BCUT2D eigenvalue weighted by molar-refractivity contribution is 0.355. The molecule has 0 aliphatic carbocycles. The maximum atomic E-state index is 9.08. The lowest BCUT2D eigenvalue weighted by Crippen LogP contribution is -1.94. The highest BCUT2D eigenvalue weighted by Crippen LogP contribution is 2.33. The van der Waals surface area contributed by atoms with Gasteiger partial charge in [0.1, 0.15) is 5.75 Å². The van der Waals surface area contributed by atoms with Crippen LogP contribution in [0.2, 0.25) is 0 Å². The zero-order chi connectivity index (χ0) is 15.9. The van der Waals surface area contributed by atoms with Gasteiger partial charge in [0, 0.05) is 6.08 Å². The van der Waals surface area contributed by atoms with Crippen LogP contribution in [0.5, 0.6) is 17.2 Å². The topological polar surface area (TPSA) is 51.5 Å². The molecule has 0 amide bonds. The van der Waals surface area contributed by atoms with Crippen LogP contribution in [0.1, 0.15) is 11.1 Å². The SMILES string of the molecule is COc1ccc(/C(=C/C#N)c2ccc(OC)c(OC)c2)cc1. The minimum absolute atomic E-state index is 0.623. The van der Waals surface area contributed by atoms with Gasteiger partial charge in [-0.1, -0.05) is 18.2 Å². The summed E-state index contributed by atoms with van der Waals surface area (Å²) in [4.78, 5) is 0. The molecular weight excluding hydrogens is 278 g/mol. The third kappa shape index (κ3) is 3.21. The molecule has 0 N–H and O–H groups in total. The monoisotopic (exact) mass is 295 g/mol. The van der Waals surface area contributed by atoms with E-state index < -0.39 is 0 Å². The molecule has 0 aliphatic rings. The molecule has 2 rings (SSSR count). The Morgan fingerprint density at radius 1 is 0.864 bits per heavy atom. The summed E-state index contributed by atoms with van der Waals surface area (Å²) in [5.41, 5.74) is 2.62. The standard InChI is InChI=1S/C18H17NO3/c1-20-15-7-4-13(5-8-15)16(10-11-19)14-6-9-17(21-2)18(12-14)22-3/h4-10,12H,1-3H3/b16-10-. The van der Waals surface area contributed by atoms with E-state index in [1.54, 1.807) is 21.3 Å². The van der Waals surface area contributed by atoms with Crippen LogP contribution in [0, 0.1) is 11.3 Å². The predicted molar refractivity (Wildman–Crippen MR) is 85.2 cm³/mol. The van der Waals surface area contributed by atoms with Crippen LogP contribution in [-0.2, 0) is 0 Å². The first kappa shape index (κ1) is 15.5. The number of benzene rings is 2. The summed E-state index contributed by atoms with van der Waals surface area (Å²) in [6, 6.07) is 15.2. The van der Waals surface area contributed by atoms with E-state index in [1.807, 2.05) is 42.5 Å². The quantitative estimate of drug-likeness (QED) is 0.790. The lowest BCUT2D eigenvalue weighted by Gasteiger charge is -2.12. The van der Waals surface area contributed by atoms with E-state index in [0.717, 1.165) is 22.4 Å². The van der Waals surface area contributed by atoms with Crippen LogP contribution in [0.3, 0.4) is 0 Å². The van der Waals surface area contributed by atoms with Gasteiger partial charge in [0.2, 0.25) is 0 Å². The molecule has 0 atom stereocenters. The van der Waals surface area contributed by atoms with E-state index in [-0.39, 0.29) is 0 Å². The molecule has 2 aromatic rings. The van der Waals surface area contributed by atoms with Gasteiger partial charge in [-0.25, -0.2) is 0 Å².